The Balaban J connectivity index is 1.39. The number of benzene rings is 3. The first kappa shape index (κ1) is 25.0. The summed E-state index contributed by atoms with van der Waals surface area (Å²) in [5.41, 5.74) is 4.48. The second-order valence-electron chi connectivity index (χ2n) is 7.93. The van der Waals surface area contributed by atoms with Crippen LogP contribution in [-0.4, -0.2) is 22.7 Å². The van der Waals surface area contributed by atoms with E-state index in [0.29, 0.717) is 25.7 Å². The lowest BCUT2D eigenvalue weighted by atomic mass is 10.1. The molecule has 4 rings (SSSR count). The highest BCUT2D eigenvalue weighted by molar-refractivity contribution is 8.27. The van der Waals surface area contributed by atoms with Gasteiger partial charge in [-0.15, -0.1) is 0 Å². The Morgan fingerprint density at radius 3 is 2.49 bits per heavy atom. The van der Waals surface area contributed by atoms with Gasteiger partial charge in [0, 0.05) is 5.69 Å². The topological polar surface area (TPSA) is 58.6 Å². The summed E-state index contributed by atoms with van der Waals surface area (Å²) in [6.07, 6.45) is 2.68. The molecule has 35 heavy (non-hydrogen) atoms. The van der Waals surface area contributed by atoms with E-state index < -0.39 is 0 Å². The molecule has 0 radical (unpaired) electrons. The van der Waals surface area contributed by atoms with E-state index in [9.17, 15) is 9.59 Å². The van der Waals surface area contributed by atoms with E-state index in [1.165, 1.54) is 22.2 Å². The smallest absolute Gasteiger partial charge is 0.270 e. The molecule has 5 nitrogen and oxygen atoms in total. The predicted octanol–water partition coefficient (Wildman–Crippen LogP) is 6.63. The molecule has 1 aliphatic heterocycles. The van der Waals surface area contributed by atoms with Crippen LogP contribution in [-0.2, 0) is 16.0 Å². The first-order valence-electron chi connectivity index (χ1n) is 11.0. The highest BCUT2D eigenvalue weighted by Crippen LogP contribution is 2.37. The normalized spacial score (nSPS) is 14.5. The van der Waals surface area contributed by atoms with Crippen molar-refractivity contribution < 1.29 is 14.3 Å². The molecule has 1 saturated heterocycles. The van der Waals surface area contributed by atoms with E-state index >= 15 is 0 Å². The van der Waals surface area contributed by atoms with Crippen molar-refractivity contribution in [2.75, 3.05) is 16.8 Å². The van der Waals surface area contributed by atoms with Crippen LogP contribution in [0, 0.1) is 6.92 Å². The summed E-state index contributed by atoms with van der Waals surface area (Å²) in [7, 11) is 0. The number of carbonyl (C=O) groups excluding carboxylic acids is 2. The van der Waals surface area contributed by atoms with Crippen LogP contribution in [0.4, 0.5) is 11.4 Å². The molecular formula is C27H23ClN2O3S2. The number of amides is 2. The lowest BCUT2D eigenvalue weighted by Crippen LogP contribution is -2.27. The van der Waals surface area contributed by atoms with Crippen molar-refractivity contribution in [1.82, 2.24) is 0 Å². The summed E-state index contributed by atoms with van der Waals surface area (Å²) in [5, 5.41) is 3.14. The SMILES string of the molecule is CCc1ccc(NC(=O)COc2ccc(/C=C3\SC(=S)N(c4ccc(C)cc4)C3=O)cc2Cl)cc1. The third-order valence-electron chi connectivity index (χ3n) is 5.34. The fraction of sp³-hybridized carbons (Fsp3) is 0.148. The molecule has 0 bridgehead atoms. The molecule has 2 amide bonds. The van der Waals surface area contributed by atoms with Gasteiger partial charge >= 0.3 is 0 Å². The molecular weight excluding hydrogens is 500 g/mol. The second kappa shape index (κ2) is 11.1. The second-order valence-corrected chi connectivity index (χ2v) is 10.0. The summed E-state index contributed by atoms with van der Waals surface area (Å²) in [4.78, 5) is 27.2. The maximum atomic E-state index is 13.0. The number of rotatable bonds is 7. The van der Waals surface area contributed by atoms with Crippen LogP contribution in [0.25, 0.3) is 6.08 Å². The van der Waals surface area contributed by atoms with Crippen LogP contribution in [0.3, 0.4) is 0 Å². The van der Waals surface area contributed by atoms with Crippen molar-refractivity contribution in [2.24, 2.45) is 0 Å². The highest BCUT2D eigenvalue weighted by atomic mass is 35.5. The Morgan fingerprint density at radius 2 is 1.83 bits per heavy atom. The van der Waals surface area contributed by atoms with Crippen LogP contribution in [0.15, 0.2) is 71.6 Å². The largest absolute Gasteiger partial charge is 0.482 e. The van der Waals surface area contributed by atoms with Crippen LogP contribution >= 0.6 is 35.6 Å². The third-order valence-corrected chi connectivity index (χ3v) is 6.94. The molecule has 0 aromatic heterocycles. The Hall–Kier alpha value is -3.13. The Labute approximate surface area is 219 Å². The van der Waals surface area contributed by atoms with Crippen molar-refractivity contribution in [3.8, 4) is 5.75 Å². The maximum absolute atomic E-state index is 13.0. The monoisotopic (exact) mass is 522 g/mol. The van der Waals surface area contributed by atoms with Gasteiger partial charge in [-0.2, -0.15) is 0 Å². The predicted molar refractivity (Wildman–Crippen MR) is 148 cm³/mol. The molecule has 0 aliphatic carbocycles. The van der Waals surface area contributed by atoms with Crippen LogP contribution in [0.1, 0.15) is 23.6 Å². The number of nitrogens with one attached hydrogen (secondary N) is 1. The number of thioether (sulfide) groups is 1. The van der Waals surface area contributed by atoms with E-state index in [1.54, 1.807) is 24.3 Å². The van der Waals surface area contributed by atoms with Gasteiger partial charge < -0.3 is 10.1 Å². The molecule has 178 valence electrons. The zero-order valence-electron chi connectivity index (χ0n) is 19.2. The molecule has 1 aliphatic rings. The summed E-state index contributed by atoms with van der Waals surface area (Å²) in [6, 6.07) is 20.5. The quantitative estimate of drug-likeness (QED) is 0.278. The zero-order chi connectivity index (χ0) is 24.9. The van der Waals surface area contributed by atoms with Gasteiger partial charge in [-0.1, -0.05) is 78.4 Å². The fourth-order valence-corrected chi connectivity index (χ4v) is 4.97. The average molecular weight is 523 g/mol. The highest BCUT2D eigenvalue weighted by Gasteiger charge is 2.33. The van der Waals surface area contributed by atoms with Gasteiger partial charge in [0.05, 0.1) is 15.6 Å². The molecule has 8 heteroatoms. The molecule has 3 aromatic carbocycles. The Bertz CT molecular complexity index is 1310. The zero-order valence-corrected chi connectivity index (χ0v) is 21.6. The number of nitrogens with zero attached hydrogens (tertiary/aromatic N) is 1. The number of halogens is 1. The Morgan fingerprint density at radius 1 is 1.11 bits per heavy atom. The molecule has 1 fully saturated rings. The minimum absolute atomic E-state index is 0.177. The van der Waals surface area contributed by atoms with Gasteiger partial charge in [0.2, 0.25) is 0 Å². The maximum Gasteiger partial charge on any atom is 0.270 e. The molecule has 0 atom stereocenters. The number of hydrogen-bond donors (Lipinski definition) is 1. The molecule has 3 aromatic rings. The van der Waals surface area contributed by atoms with Crippen LogP contribution in [0.2, 0.25) is 5.02 Å². The van der Waals surface area contributed by atoms with Gasteiger partial charge in [0.15, 0.2) is 10.9 Å². The van der Waals surface area contributed by atoms with Crippen molar-refractivity contribution in [3.05, 3.63) is 93.3 Å². The molecule has 1 heterocycles. The van der Waals surface area contributed by atoms with Gasteiger partial charge in [0.25, 0.3) is 11.8 Å². The molecule has 0 saturated carbocycles. The summed E-state index contributed by atoms with van der Waals surface area (Å²) in [6.45, 7) is 3.89. The van der Waals surface area contributed by atoms with E-state index in [4.69, 9.17) is 28.6 Å². The van der Waals surface area contributed by atoms with Gasteiger partial charge in [0.1, 0.15) is 5.75 Å². The Kier molecular flexibility index (Phi) is 7.90. The molecule has 1 N–H and O–H groups in total. The fourth-order valence-electron chi connectivity index (χ4n) is 3.42. The number of hydrogen-bond acceptors (Lipinski definition) is 5. The average Bonchev–Trinajstić information content (AvgIpc) is 3.12. The van der Waals surface area contributed by atoms with Crippen molar-refractivity contribution in [1.29, 1.82) is 0 Å². The number of carbonyl (C=O) groups is 2. The van der Waals surface area contributed by atoms with E-state index in [0.717, 1.165) is 23.2 Å². The molecule has 0 spiro atoms. The number of anilines is 2. The van der Waals surface area contributed by atoms with Crippen molar-refractivity contribution in [3.63, 3.8) is 0 Å². The van der Waals surface area contributed by atoms with Crippen molar-refractivity contribution in [2.45, 2.75) is 20.3 Å². The summed E-state index contributed by atoms with van der Waals surface area (Å²) in [5.74, 6) is -0.0781. The van der Waals surface area contributed by atoms with Crippen molar-refractivity contribution >= 4 is 69.2 Å². The van der Waals surface area contributed by atoms with Gasteiger partial charge in [-0.3, -0.25) is 14.5 Å². The first-order valence-corrected chi connectivity index (χ1v) is 12.6. The summed E-state index contributed by atoms with van der Waals surface area (Å²) >= 11 is 13.1. The standard InChI is InChI=1S/C27H23ClN2O3S2/c1-3-18-6-9-20(10-7-18)29-25(31)16-33-23-13-8-19(14-22(23)28)15-24-26(32)30(27(34)35-24)21-11-4-17(2)5-12-21/h4-15H,3,16H2,1-2H3,(H,29,31)/b24-15-. The third kappa shape index (κ3) is 6.11. The molecule has 0 unspecified atom stereocenters. The van der Waals surface area contributed by atoms with Gasteiger partial charge in [-0.05, 0) is 66.9 Å². The lowest BCUT2D eigenvalue weighted by molar-refractivity contribution is -0.118. The lowest BCUT2D eigenvalue weighted by Gasteiger charge is -2.14. The summed E-state index contributed by atoms with van der Waals surface area (Å²) < 4.78 is 6.08. The van der Waals surface area contributed by atoms with E-state index in [1.807, 2.05) is 55.5 Å². The number of thiocarbonyl (C=S) groups is 1. The first-order chi connectivity index (χ1) is 16.8. The number of aryl methyl sites for hydroxylation is 2. The number of ether oxygens (including phenoxy) is 1. The van der Waals surface area contributed by atoms with Crippen LogP contribution in [0.5, 0.6) is 5.75 Å². The van der Waals surface area contributed by atoms with E-state index in [-0.39, 0.29) is 18.4 Å². The minimum atomic E-state index is -0.283. The van der Waals surface area contributed by atoms with Gasteiger partial charge in [-0.25, -0.2) is 0 Å². The van der Waals surface area contributed by atoms with E-state index in [2.05, 4.69) is 12.2 Å². The minimum Gasteiger partial charge on any atom is -0.482 e. The van der Waals surface area contributed by atoms with Crippen LogP contribution < -0.4 is 15.0 Å².